The van der Waals surface area contributed by atoms with Gasteiger partial charge >= 0.3 is 24.2 Å². The number of amides is 10. The number of carbonyl (C=O) groups excluding carboxylic acids is 8. The van der Waals surface area contributed by atoms with Crippen molar-refractivity contribution in [2.45, 2.75) is 153 Å². The zero-order valence-electron chi connectivity index (χ0n) is 60.9. The minimum absolute atomic E-state index is 0.00103. The Labute approximate surface area is 600 Å². The Balaban J connectivity index is 0.000000208. The maximum absolute atomic E-state index is 15.7. The number of furan rings is 2. The van der Waals surface area contributed by atoms with E-state index in [1.165, 1.54) is 59.3 Å². The molecule has 2 aromatic carbocycles. The largest absolute Gasteiger partial charge is 0.494 e. The number of hydrogen-bond donors (Lipinski definition) is 2. The monoisotopic (exact) mass is 1480 g/mol. The number of imide groups is 2. The number of urea groups is 2. The summed E-state index contributed by atoms with van der Waals surface area (Å²) in [4.78, 5) is 125. The fraction of sp³-hybridized carbons (Fsp3) is 0.500. The van der Waals surface area contributed by atoms with E-state index in [0.29, 0.717) is 62.3 Å². The van der Waals surface area contributed by atoms with Crippen LogP contribution in [0.5, 0.6) is 11.5 Å². The van der Waals surface area contributed by atoms with E-state index in [4.69, 9.17) is 37.3 Å². The van der Waals surface area contributed by atoms with Crippen LogP contribution in [0.25, 0.3) is 27.8 Å². The summed E-state index contributed by atoms with van der Waals surface area (Å²) in [6, 6.07) is 11.2. The Morgan fingerprint density at radius 3 is 1.47 bits per heavy atom. The van der Waals surface area contributed by atoms with Crippen LogP contribution >= 0.6 is 0 Å². The van der Waals surface area contributed by atoms with Crippen LogP contribution in [0.15, 0.2) is 63.4 Å². The normalized spacial score (nSPS) is 19.6. The van der Waals surface area contributed by atoms with Crippen molar-refractivity contribution >= 4 is 91.8 Å². The molecule has 0 aliphatic carbocycles. The van der Waals surface area contributed by atoms with Gasteiger partial charge in [-0.05, 0) is 102 Å². The van der Waals surface area contributed by atoms with Gasteiger partial charge < -0.3 is 67.5 Å². The fourth-order valence-corrected chi connectivity index (χ4v) is 14.6. The zero-order valence-corrected chi connectivity index (χ0v) is 62.9. The third-order valence-electron chi connectivity index (χ3n) is 18.7. The van der Waals surface area contributed by atoms with Crippen LogP contribution in [-0.4, -0.2) is 195 Å². The van der Waals surface area contributed by atoms with Crippen molar-refractivity contribution in [1.29, 1.82) is 0 Å². The summed E-state index contributed by atoms with van der Waals surface area (Å²) in [7, 11) is -0.364. The number of nitrogens with zero attached hydrogens (tertiary/aromatic N) is 8. The van der Waals surface area contributed by atoms with Gasteiger partial charge in [-0.25, -0.2) is 56.5 Å². The van der Waals surface area contributed by atoms with Crippen molar-refractivity contribution in [3.63, 3.8) is 0 Å². The van der Waals surface area contributed by atoms with Crippen molar-refractivity contribution in [3.8, 4) is 11.5 Å². The number of hydrogen-bond acceptors (Lipinski definition) is 18. The number of ether oxygens (including phenoxy) is 6. The Hall–Kier alpha value is -9.41. The van der Waals surface area contributed by atoms with E-state index in [-0.39, 0.29) is 113 Å². The van der Waals surface area contributed by atoms with Gasteiger partial charge in [-0.3, -0.25) is 19.2 Å². The summed E-state index contributed by atoms with van der Waals surface area (Å²) < 4.78 is 107. The molecule has 26 nitrogen and oxygen atoms in total. The van der Waals surface area contributed by atoms with Crippen LogP contribution in [0.1, 0.15) is 121 Å². The van der Waals surface area contributed by atoms with Crippen molar-refractivity contribution in [2.24, 2.45) is 0 Å². The van der Waals surface area contributed by atoms with Crippen LogP contribution in [-0.2, 0) is 52.7 Å². The molecular weight excluding hydrogens is 1390 g/mol. The first-order valence-corrected chi connectivity index (χ1v) is 41.8. The van der Waals surface area contributed by atoms with Crippen molar-refractivity contribution in [1.82, 2.24) is 50.0 Å². The lowest BCUT2D eigenvalue weighted by Gasteiger charge is -2.33. The average molecular weight is 1480 g/mol. The van der Waals surface area contributed by atoms with E-state index in [9.17, 15) is 38.4 Å². The van der Waals surface area contributed by atoms with Gasteiger partial charge in [0.15, 0.2) is 51.2 Å². The maximum Gasteiger partial charge on any atom is 0.410 e. The predicted octanol–water partition coefficient (Wildman–Crippen LogP) is 11.8. The molecule has 2 N–H and O–H groups in total. The molecule has 3 saturated heterocycles. The topological polar surface area (TPSA) is 288 Å². The summed E-state index contributed by atoms with van der Waals surface area (Å²) in [5.41, 5.74) is -3.60. The molecule has 6 aliphatic rings. The highest BCUT2D eigenvalue weighted by Gasteiger charge is 2.59. The third-order valence-corrected chi connectivity index (χ3v) is 22.1. The van der Waals surface area contributed by atoms with Crippen LogP contribution in [0.4, 0.5) is 36.7 Å². The first-order valence-electron chi connectivity index (χ1n) is 34.4. The first kappa shape index (κ1) is 75.7. The zero-order chi connectivity index (χ0) is 75.5. The van der Waals surface area contributed by atoms with Gasteiger partial charge in [-0.15, -0.1) is 0 Å². The molecule has 3 fully saturated rings. The van der Waals surface area contributed by atoms with Gasteiger partial charge in [0.05, 0.1) is 44.1 Å². The Kier molecular flexibility index (Phi) is 21.1. The van der Waals surface area contributed by atoms with E-state index in [1.807, 2.05) is 0 Å². The molecule has 6 aromatic rings. The second-order valence-electron chi connectivity index (χ2n) is 31.2. The smallest absolute Gasteiger partial charge is 0.410 e. The van der Waals surface area contributed by atoms with Gasteiger partial charge in [-0.2, -0.15) is 0 Å². The minimum Gasteiger partial charge on any atom is -0.494 e. The number of carbonyl (C=O) groups is 8. The molecule has 12 rings (SSSR count). The lowest BCUT2D eigenvalue weighted by Crippen LogP contribution is -2.52. The summed E-state index contributed by atoms with van der Waals surface area (Å²) in [6.45, 7) is 24.0. The summed E-state index contributed by atoms with van der Waals surface area (Å²) in [5.74, 6) is -6.55. The number of benzene rings is 2. The number of halogens is 4. The Morgan fingerprint density at radius 2 is 1.05 bits per heavy atom. The second kappa shape index (κ2) is 28.9. The highest BCUT2D eigenvalue weighted by molar-refractivity contribution is 6.76. The van der Waals surface area contributed by atoms with E-state index in [2.05, 4.69) is 59.9 Å². The van der Waals surface area contributed by atoms with Crippen LogP contribution in [0, 0.1) is 23.3 Å². The predicted molar refractivity (Wildman–Crippen MR) is 376 cm³/mol. The molecule has 2 atom stereocenters. The molecule has 0 saturated carbocycles. The van der Waals surface area contributed by atoms with Gasteiger partial charge in [0.2, 0.25) is 0 Å². The molecule has 0 spiro atoms. The summed E-state index contributed by atoms with van der Waals surface area (Å²) >= 11 is 0. The SMILES string of the molecule is COc1ccc2c(c1F)C(=O)N(C[C@@]1(c3cc4nc(C5=CCN(C(=O)OC(C)(C)C)CC5)c(F)cc4o3)NC(=O)N(COCC[Si](C)(C)C)C1=O)C2.COc1ccc2c(c1F)C(=O)N(C[C@@]1(c3cc4nc(C5CCN(C(=O)OC(C)(C)C)CC5)c(F)cc4o3)NC(=O)N(COCC[Si](C)(C)C)C1=O)C2. The van der Waals surface area contributed by atoms with E-state index >= 15 is 17.6 Å². The van der Waals surface area contributed by atoms with E-state index < -0.39 is 123 Å². The van der Waals surface area contributed by atoms with Crippen LogP contribution < -0.4 is 20.1 Å². The number of likely N-dealkylation sites (tertiary alicyclic amines) is 1. The molecule has 10 amide bonds. The van der Waals surface area contributed by atoms with Gasteiger partial charge in [0, 0.05) is 98.8 Å². The minimum atomic E-state index is -1.98. The van der Waals surface area contributed by atoms with Gasteiger partial charge in [-0.1, -0.05) is 57.5 Å². The molecule has 32 heteroatoms. The van der Waals surface area contributed by atoms with Gasteiger partial charge in [0.25, 0.3) is 23.6 Å². The molecule has 10 heterocycles. The van der Waals surface area contributed by atoms with Crippen molar-refractivity contribution in [3.05, 3.63) is 123 Å². The van der Waals surface area contributed by atoms with Crippen molar-refractivity contribution in [2.75, 3.05) is 80.2 Å². The fourth-order valence-electron chi connectivity index (χ4n) is 13.1. The molecule has 558 valence electrons. The van der Waals surface area contributed by atoms with E-state index in [0.717, 1.165) is 28.0 Å². The second-order valence-corrected chi connectivity index (χ2v) is 42.4. The number of methoxy groups -OCH3 is 2. The quantitative estimate of drug-likeness (QED) is 0.0311. The molecule has 6 aliphatic heterocycles. The molecule has 104 heavy (non-hydrogen) atoms. The number of piperidine rings is 1. The molecular formula is C72H88F4N10O16Si2. The van der Waals surface area contributed by atoms with Crippen LogP contribution in [0.2, 0.25) is 51.4 Å². The number of fused-ring (bicyclic) bond motifs is 4. The number of rotatable bonds is 20. The highest BCUT2D eigenvalue weighted by Crippen LogP contribution is 2.42. The molecule has 0 unspecified atom stereocenters. The lowest BCUT2D eigenvalue weighted by molar-refractivity contribution is -0.137. The standard InChI is InChI=1S/C36H45F2N5O8Si.C36H43F2N5O8Si/c2*1-35(2,3)51-34(47)41-12-10-21(11-13-41)30-23(37)16-26-24(39-30)17-27(50-26)36(32(45)43(33(46)40-36)20-49-14-15-52(5,6)7)19-42-18-22-8-9-25(48-4)29(38)28(22)31(42)44/h8-9,16-17,21H,10-15,18-20H2,1-7H3,(H,40,46);8-10,16-17H,11-15,18-20H2,1-7H3,(H,40,46)/t2*36-/m00/s1. The Morgan fingerprint density at radius 1 is 0.606 bits per heavy atom. The first-order chi connectivity index (χ1) is 48.8. The molecule has 0 bridgehead atoms. The van der Waals surface area contributed by atoms with Gasteiger partial charge in [0.1, 0.15) is 58.7 Å². The maximum atomic E-state index is 15.7. The van der Waals surface area contributed by atoms with Crippen LogP contribution in [0.3, 0.4) is 0 Å². The number of nitrogens with one attached hydrogen (secondary N) is 2. The lowest BCUT2D eigenvalue weighted by atomic mass is 9.92. The van der Waals surface area contributed by atoms with Crippen molar-refractivity contribution < 1.29 is 93.2 Å². The Bertz CT molecular complexity index is 4460. The highest BCUT2D eigenvalue weighted by atomic mass is 28.3. The molecule has 0 radical (unpaired) electrons. The number of pyridine rings is 2. The van der Waals surface area contributed by atoms with E-state index in [1.54, 1.807) is 64.7 Å². The summed E-state index contributed by atoms with van der Waals surface area (Å²) in [5, 5.41) is 5.44. The average Bonchev–Trinajstić information content (AvgIpc) is 1.58. The molecule has 4 aromatic heterocycles. The summed E-state index contributed by atoms with van der Waals surface area (Å²) in [6.07, 6.45) is 2.01. The third kappa shape index (κ3) is 15.7. The number of aromatic nitrogens is 2.